The smallest absolute Gasteiger partial charge is 0.209 e. The average molecular weight is 291 g/mol. The van der Waals surface area contributed by atoms with E-state index < -0.39 is 11.6 Å². The molecule has 1 heterocycles. The highest BCUT2D eigenvalue weighted by Gasteiger charge is 2.11. The summed E-state index contributed by atoms with van der Waals surface area (Å²) >= 11 is 4.20. The molecule has 1 aromatic carbocycles. The Morgan fingerprint density at radius 1 is 1.27 bits per heavy atom. The van der Waals surface area contributed by atoms with E-state index in [-0.39, 0.29) is 12.0 Å². The molecular weight excluding hydrogens is 286 g/mol. The maximum atomic E-state index is 13.2. The van der Waals surface area contributed by atoms with Crippen molar-refractivity contribution in [3.63, 3.8) is 0 Å². The van der Waals surface area contributed by atoms with Crippen molar-refractivity contribution in [1.82, 2.24) is 9.36 Å². The Labute approximate surface area is 97.3 Å². The summed E-state index contributed by atoms with van der Waals surface area (Å²) in [6.07, 6.45) is 0.127. The molecule has 0 spiro atoms. The largest absolute Gasteiger partial charge is 0.214 e. The molecule has 0 unspecified atom stereocenters. The van der Waals surface area contributed by atoms with Gasteiger partial charge in [0.1, 0.15) is 16.6 Å². The molecule has 2 aromatic rings. The van der Waals surface area contributed by atoms with Crippen molar-refractivity contribution in [2.24, 2.45) is 0 Å². The average Bonchev–Trinajstić information content (AvgIpc) is 2.58. The van der Waals surface area contributed by atoms with Crippen LogP contribution in [0.25, 0.3) is 0 Å². The minimum absolute atomic E-state index is 0.0288. The lowest BCUT2D eigenvalue weighted by molar-refractivity contribution is 0.561. The van der Waals surface area contributed by atoms with Crippen LogP contribution in [0.3, 0.4) is 0 Å². The summed E-state index contributed by atoms with van der Waals surface area (Å²) in [5.74, 6) is -1.11. The predicted molar refractivity (Wildman–Crippen MR) is 56.8 cm³/mol. The molecule has 78 valence electrons. The molecule has 6 heteroatoms. The van der Waals surface area contributed by atoms with E-state index in [4.69, 9.17) is 0 Å². The van der Waals surface area contributed by atoms with E-state index >= 15 is 0 Å². The van der Waals surface area contributed by atoms with Crippen LogP contribution in [0, 0.1) is 11.6 Å². The van der Waals surface area contributed by atoms with Gasteiger partial charge >= 0.3 is 0 Å². The van der Waals surface area contributed by atoms with Gasteiger partial charge in [0, 0.05) is 12.0 Å². The fourth-order valence-corrected chi connectivity index (χ4v) is 2.26. The lowest BCUT2D eigenvalue weighted by Gasteiger charge is -2.01. The van der Waals surface area contributed by atoms with Crippen LogP contribution in [-0.2, 0) is 6.42 Å². The molecule has 1 aromatic heterocycles. The SMILES string of the molecule is Fc1cccc(F)c1Cc1nc(Br)ns1. The maximum absolute atomic E-state index is 13.2. The van der Waals surface area contributed by atoms with Crippen molar-refractivity contribution in [3.05, 3.63) is 45.1 Å². The van der Waals surface area contributed by atoms with Crippen LogP contribution in [0.15, 0.2) is 22.9 Å². The van der Waals surface area contributed by atoms with Crippen LogP contribution in [0.2, 0.25) is 0 Å². The number of halogens is 3. The molecule has 0 saturated heterocycles. The predicted octanol–water partition coefficient (Wildman–Crippen LogP) is 3.17. The van der Waals surface area contributed by atoms with E-state index in [0.717, 1.165) is 11.5 Å². The molecule has 0 saturated carbocycles. The summed E-state index contributed by atoms with van der Waals surface area (Å²) in [5.41, 5.74) is 0.0288. The Morgan fingerprint density at radius 2 is 1.93 bits per heavy atom. The van der Waals surface area contributed by atoms with Gasteiger partial charge in [0.2, 0.25) is 4.73 Å². The Hall–Kier alpha value is -0.880. The number of nitrogens with zero attached hydrogens (tertiary/aromatic N) is 2. The summed E-state index contributed by atoms with van der Waals surface area (Å²) in [5, 5.41) is 0.575. The fraction of sp³-hybridized carbons (Fsp3) is 0.111. The van der Waals surface area contributed by atoms with Gasteiger partial charge in [-0.25, -0.2) is 13.8 Å². The van der Waals surface area contributed by atoms with E-state index in [9.17, 15) is 8.78 Å². The van der Waals surface area contributed by atoms with Crippen molar-refractivity contribution >= 4 is 27.5 Å². The summed E-state index contributed by atoms with van der Waals surface area (Å²) in [6.45, 7) is 0. The molecule has 0 aliphatic heterocycles. The van der Waals surface area contributed by atoms with Gasteiger partial charge in [0.25, 0.3) is 0 Å². The van der Waals surface area contributed by atoms with Crippen molar-refractivity contribution in [1.29, 1.82) is 0 Å². The molecule has 0 atom stereocenters. The standard InChI is InChI=1S/C9H5BrF2N2S/c10-9-13-8(15-14-9)4-5-6(11)2-1-3-7(5)12/h1-3H,4H2. The van der Waals surface area contributed by atoms with Gasteiger partial charge in [0.05, 0.1) is 0 Å². The highest BCUT2D eigenvalue weighted by Crippen LogP contribution is 2.19. The lowest BCUT2D eigenvalue weighted by Crippen LogP contribution is -1.96. The van der Waals surface area contributed by atoms with Gasteiger partial charge in [-0.2, -0.15) is 4.37 Å². The zero-order valence-corrected chi connectivity index (χ0v) is 9.78. The number of aromatic nitrogens is 2. The van der Waals surface area contributed by atoms with Crippen LogP contribution in [0.5, 0.6) is 0 Å². The first-order valence-corrected chi connectivity index (χ1v) is 5.64. The Bertz CT molecular complexity index is 466. The lowest BCUT2D eigenvalue weighted by atomic mass is 10.1. The molecule has 2 rings (SSSR count). The minimum atomic E-state index is -0.554. The summed E-state index contributed by atoms with van der Waals surface area (Å²) in [4.78, 5) is 3.98. The molecule has 2 nitrogen and oxygen atoms in total. The van der Waals surface area contributed by atoms with Gasteiger partial charge in [-0.3, -0.25) is 0 Å². The van der Waals surface area contributed by atoms with E-state index in [0.29, 0.717) is 9.74 Å². The van der Waals surface area contributed by atoms with E-state index in [2.05, 4.69) is 25.3 Å². The third-order valence-electron chi connectivity index (χ3n) is 1.83. The van der Waals surface area contributed by atoms with E-state index in [1.165, 1.54) is 18.2 Å². The van der Waals surface area contributed by atoms with Crippen LogP contribution >= 0.6 is 27.5 Å². The summed E-state index contributed by atoms with van der Waals surface area (Å²) in [7, 11) is 0. The highest BCUT2D eigenvalue weighted by molar-refractivity contribution is 9.10. The van der Waals surface area contributed by atoms with Gasteiger partial charge in [-0.15, -0.1) is 0 Å². The second-order valence-electron chi connectivity index (χ2n) is 2.83. The van der Waals surface area contributed by atoms with Crippen molar-refractivity contribution < 1.29 is 8.78 Å². The van der Waals surface area contributed by atoms with Gasteiger partial charge in [-0.1, -0.05) is 6.07 Å². The Balaban J connectivity index is 2.31. The van der Waals surface area contributed by atoms with Crippen molar-refractivity contribution in [3.8, 4) is 0 Å². The molecule has 0 fully saturated rings. The molecule has 15 heavy (non-hydrogen) atoms. The number of rotatable bonds is 2. The zero-order valence-electron chi connectivity index (χ0n) is 7.38. The Morgan fingerprint density at radius 3 is 2.47 bits per heavy atom. The fourth-order valence-electron chi connectivity index (χ4n) is 1.16. The quantitative estimate of drug-likeness (QED) is 0.849. The third kappa shape index (κ3) is 2.38. The number of benzene rings is 1. The zero-order chi connectivity index (χ0) is 10.8. The topological polar surface area (TPSA) is 25.8 Å². The first-order chi connectivity index (χ1) is 7.16. The van der Waals surface area contributed by atoms with E-state index in [1.54, 1.807) is 0 Å². The molecule has 0 radical (unpaired) electrons. The van der Waals surface area contributed by atoms with Gasteiger partial charge in [-0.05, 0) is 39.6 Å². The van der Waals surface area contributed by atoms with E-state index in [1.807, 2.05) is 0 Å². The Kier molecular flexibility index (Phi) is 3.06. The molecule has 0 aliphatic rings. The van der Waals surface area contributed by atoms with Crippen LogP contribution in [0.1, 0.15) is 10.6 Å². The summed E-state index contributed by atoms with van der Waals surface area (Å²) < 4.78 is 30.8. The highest BCUT2D eigenvalue weighted by atomic mass is 79.9. The number of hydrogen-bond acceptors (Lipinski definition) is 3. The second-order valence-corrected chi connectivity index (χ2v) is 4.38. The first kappa shape index (κ1) is 10.6. The number of hydrogen-bond donors (Lipinski definition) is 0. The molecule has 0 aliphatic carbocycles. The van der Waals surface area contributed by atoms with Gasteiger partial charge in [0.15, 0.2) is 0 Å². The molecule has 0 amide bonds. The monoisotopic (exact) mass is 290 g/mol. The molecule has 0 N–H and O–H groups in total. The van der Waals surface area contributed by atoms with Gasteiger partial charge < -0.3 is 0 Å². The van der Waals surface area contributed by atoms with Crippen LogP contribution in [0.4, 0.5) is 8.78 Å². The summed E-state index contributed by atoms with van der Waals surface area (Å²) in [6, 6.07) is 3.80. The first-order valence-electron chi connectivity index (χ1n) is 4.08. The molecular formula is C9H5BrF2N2S. The maximum Gasteiger partial charge on any atom is 0.209 e. The van der Waals surface area contributed by atoms with Crippen LogP contribution < -0.4 is 0 Å². The molecule has 0 bridgehead atoms. The van der Waals surface area contributed by atoms with Crippen molar-refractivity contribution in [2.75, 3.05) is 0 Å². The third-order valence-corrected chi connectivity index (χ3v) is 3.13. The van der Waals surface area contributed by atoms with Crippen molar-refractivity contribution in [2.45, 2.75) is 6.42 Å². The second kappa shape index (κ2) is 4.32. The normalized spacial score (nSPS) is 10.6. The van der Waals surface area contributed by atoms with Crippen LogP contribution in [-0.4, -0.2) is 9.36 Å². The minimum Gasteiger partial charge on any atom is -0.214 e.